The molecule has 2 aromatic rings. The minimum atomic E-state index is -0.984. The van der Waals surface area contributed by atoms with Crippen LogP contribution in [0.2, 0.25) is 0 Å². The van der Waals surface area contributed by atoms with Crippen molar-refractivity contribution in [2.45, 2.75) is 6.42 Å². The highest BCUT2D eigenvalue weighted by Gasteiger charge is 2.20. The summed E-state index contributed by atoms with van der Waals surface area (Å²) in [7, 11) is 0. The number of nitrogens with one attached hydrogen (secondary N) is 1. The Balaban J connectivity index is 2.08. The SMILES string of the molecule is O=C1Cc2cc(-c3ncsc3C(=O)O)ccc2N1. The van der Waals surface area contributed by atoms with E-state index in [-0.39, 0.29) is 10.8 Å². The molecule has 0 fully saturated rings. The van der Waals surface area contributed by atoms with Crippen molar-refractivity contribution in [2.75, 3.05) is 5.32 Å². The average Bonchev–Trinajstić information content (AvgIpc) is 2.91. The van der Waals surface area contributed by atoms with Gasteiger partial charge in [-0.25, -0.2) is 9.78 Å². The Bertz CT molecular complexity index is 663. The molecule has 2 heterocycles. The first-order valence-electron chi connectivity index (χ1n) is 5.25. The Morgan fingerprint density at radius 2 is 2.28 bits per heavy atom. The number of hydrogen-bond donors (Lipinski definition) is 2. The first-order valence-corrected chi connectivity index (χ1v) is 6.13. The summed E-state index contributed by atoms with van der Waals surface area (Å²) in [4.78, 5) is 26.6. The van der Waals surface area contributed by atoms with Crippen LogP contribution in [-0.4, -0.2) is 22.0 Å². The van der Waals surface area contributed by atoms with E-state index in [0.29, 0.717) is 12.1 Å². The normalized spacial score (nSPS) is 13.2. The van der Waals surface area contributed by atoms with Crippen LogP contribution in [0.25, 0.3) is 11.3 Å². The van der Waals surface area contributed by atoms with E-state index in [1.807, 2.05) is 6.07 Å². The number of hydrogen-bond acceptors (Lipinski definition) is 4. The molecule has 0 spiro atoms. The zero-order valence-electron chi connectivity index (χ0n) is 9.14. The lowest BCUT2D eigenvalue weighted by atomic mass is 10.1. The van der Waals surface area contributed by atoms with Crippen LogP contribution in [0.4, 0.5) is 5.69 Å². The molecular weight excluding hydrogens is 252 g/mol. The van der Waals surface area contributed by atoms with Crippen molar-refractivity contribution in [3.8, 4) is 11.3 Å². The Kier molecular flexibility index (Phi) is 2.38. The molecule has 6 heteroatoms. The largest absolute Gasteiger partial charge is 0.477 e. The van der Waals surface area contributed by atoms with Crippen molar-refractivity contribution in [3.63, 3.8) is 0 Å². The van der Waals surface area contributed by atoms with E-state index in [9.17, 15) is 9.59 Å². The molecule has 1 aliphatic rings. The Hall–Kier alpha value is -2.21. The molecule has 0 radical (unpaired) electrons. The number of benzene rings is 1. The topological polar surface area (TPSA) is 79.3 Å². The number of carbonyl (C=O) groups excluding carboxylic acids is 1. The highest BCUT2D eigenvalue weighted by molar-refractivity contribution is 7.12. The third-order valence-corrected chi connectivity index (χ3v) is 3.58. The second-order valence-corrected chi connectivity index (χ2v) is 4.79. The van der Waals surface area contributed by atoms with E-state index >= 15 is 0 Å². The fourth-order valence-corrected chi connectivity index (χ4v) is 2.63. The number of thiazole rings is 1. The van der Waals surface area contributed by atoms with Gasteiger partial charge in [-0.15, -0.1) is 11.3 Å². The number of carboxylic acids is 1. The molecular formula is C12H8N2O3S. The minimum absolute atomic E-state index is 0.0427. The van der Waals surface area contributed by atoms with Gasteiger partial charge in [-0.1, -0.05) is 6.07 Å². The van der Waals surface area contributed by atoms with Crippen LogP contribution in [0.1, 0.15) is 15.2 Å². The molecule has 1 aliphatic heterocycles. The van der Waals surface area contributed by atoms with Gasteiger partial charge >= 0.3 is 5.97 Å². The molecule has 3 rings (SSSR count). The molecule has 18 heavy (non-hydrogen) atoms. The van der Waals surface area contributed by atoms with Gasteiger partial charge in [-0.3, -0.25) is 4.79 Å². The number of fused-ring (bicyclic) bond motifs is 1. The number of rotatable bonds is 2. The first kappa shape index (κ1) is 10.9. The van der Waals surface area contributed by atoms with Crippen LogP contribution < -0.4 is 5.32 Å². The molecule has 5 nitrogen and oxygen atoms in total. The summed E-state index contributed by atoms with van der Waals surface area (Å²) in [5.74, 6) is -1.03. The maximum absolute atomic E-state index is 11.3. The summed E-state index contributed by atoms with van der Waals surface area (Å²) in [5, 5.41) is 11.8. The lowest BCUT2D eigenvalue weighted by molar-refractivity contribution is -0.115. The van der Waals surface area contributed by atoms with Gasteiger partial charge in [0.1, 0.15) is 4.88 Å². The highest BCUT2D eigenvalue weighted by atomic mass is 32.1. The lowest BCUT2D eigenvalue weighted by Gasteiger charge is -2.02. The molecule has 2 N–H and O–H groups in total. The van der Waals surface area contributed by atoms with Crippen LogP contribution in [0.5, 0.6) is 0 Å². The summed E-state index contributed by atoms with van der Waals surface area (Å²) in [6, 6.07) is 5.36. The summed E-state index contributed by atoms with van der Waals surface area (Å²) >= 11 is 1.09. The molecule has 90 valence electrons. The number of carboxylic acid groups (broad SMARTS) is 1. The molecule has 1 aromatic heterocycles. The fraction of sp³-hybridized carbons (Fsp3) is 0.0833. The van der Waals surface area contributed by atoms with Gasteiger partial charge in [0.15, 0.2) is 0 Å². The number of amides is 1. The van der Waals surface area contributed by atoms with E-state index in [1.165, 1.54) is 5.51 Å². The van der Waals surface area contributed by atoms with Crippen molar-refractivity contribution in [3.05, 3.63) is 34.2 Å². The monoisotopic (exact) mass is 260 g/mol. The zero-order valence-corrected chi connectivity index (χ0v) is 9.95. The molecule has 1 aromatic carbocycles. The van der Waals surface area contributed by atoms with Crippen molar-refractivity contribution in [2.24, 2.45) is 0 Å². The van der Waals surface area contributed by atoms with Gasteiger partial charge in [0.05, 0.1) is 17.6 Å². The molecule has 0 unspecified atom stereocenters. The van der Waals surface area contributed by atoms with E-state index in [4.69, 9.17) is 5.11 Å². The second kappa shape index (κ2) is 3.92. The van der Waals surface area contributed by atoms with Crippen LogP contribution in [0, 0.1) is 0 Å². The summed E-state index contributed by atoms with van der Waals surface area (Å²) in [6.07, 6.45) is 0.329. The molecule has 0 aliphatic carbocycles. The average molecular weight is 260 g/mol. The smallest absolute Gasteiger partial charge is 0.348 e. The zero-order chi connectivity index (χ0) is 12.7. The maximum Gasteiger partial charge on any atom is 0.348 e. The number of aromatic nitrogens is 1. The molecule has 0 saturated heterocycles. The molecule has 1 amide bonds. The van der Waals surface area contributed by atoms with Crippen molar-refractivity contribution < 1.29 is 14.7 Å². The summed E-state index contributed by atoms with van der Waals surface area (Å²) < 4.78 is 0. The first-order chi connectivity index (χ1) is 8.65. The van der Waals surface area contributed by atoms with Gasteiger partial charge in [0.25, 0.3) is 0 Å². The van der Waals surface area contributed by atoms with Crippen molar-refractivity contribution in [1.29, 1.82) is 0 Å². The number of anilines is 1. The summed E-state index contributed by atoms with van der Waals surface area (Å²) in [5.41, 5.74) is 4.35. The third-order valence-electron chi connectivity index (χ3n) is 2.77. The van der Waals surface area contributed by atoms with Crippen molar-refractivity contribution >= 4 is 28.9 Å². The lowest BCUT2D eigenvalue weighted by Crippen LogP contribution is -2.03. The molecule has 0 bridgehead atoms. The van der Waals surface area contributed by atoms with E-state index < -0.39 is 5.97 Å². The van der Waals surface area contributed by atoms with E-state index in [1.54, 1.807) is 12.1 Å². The van der Waals surface area contributed by atoms with E-state index in [0.717, 1.165) is 28.2 Å². The number of aromatic carboxylic acids is 1. The number of nitrogens with zero attached hydrogens (tertiary/aromatic N) is 1. The molecule has 0 saturated carbocycles. The Labute approximate surface area is 106 Å². The molecule has 0 atom stereocenters. The number of carbonyl (C=O) groups is 2. The van der Waals surface area contributed by atoms with E-state index in [2.05, 4.69) is 10.3 Å². The Morgan fingerprint density at radius 1 is 1.44 bits per heavy atom. The predicted molar refractivity (Wildman–Crippen MR) is 66.8 cm³/mol. The van der Waals surface area contributed by atoms with Crippen LogP contribution >= 0.6 is 11.3 Å². The van der Waals surface area contributed by atoms with Crippen LogP contribution in [0.15, 0.2) is 23.7 Å². The highest BCUT2D eigenvalue weighted by Crippen LogP contribution is 2.31. The van der Waals surface area contributed by atoms with Crippen LogP contribution in [0.3, 0.4) is 0 Å². The van der Waals surface area contributed by atoms with Gasteiger partial charge < -0.3 is 10.4 Å². The fourth-order valence-electron chi connectivity index (χ4n) is 1.98. The quantitative estimate of drug-likeness (QED) is 0.865. The van der Waals surface area contributed by atoms with Gasteiger partial charge in [0, 0.05) is 11.3 Å². The predicted octanol–water partition coefficient (Wildman–Crippen LogP) is 2.00. The van der Waals surface area contributed by atoms with Crippen LogP contribution in [-0.2, 0) is 11.2 Å². The minimum Gasteiger partial charge on any atom is -0.477 e. The van der Waals surface area contributed by atoms with Gasteiger partial charge in [-0.2, -0.15) is 0 Å². The second-order valence-electron chi connectivity index (χ2n) is 3.93. The van der Waals surface area contributed by atoms with Gasteiger partial charge in [-0.05, 0) is 17.7 Å². The Morgan fingerprint density at radius 3 is 3.06 bits per heavy atom. The van der Waals surface area contributed by atoms with Crippen molar-refractivity contribution in [1.82, 2.24) is 4.98 Å². The standard InChI is InChI=1S/C12H8N2O3S/c15-9-4-7-3-6(1-2-8(7)14-9)10-11(12(16)17)18-5-13-10/h1-3,5H,4H2,(H,14,15)(H,16,17). The van der Waals surface area contributed by atoms with Gasteiger partial charge in [0.2, 0.25) is 5.91 Å². The third kappa shape index (κ3) is 1.67. The maximum atomic E-state index is 11.3. The summed E-state index contributed by atoms with van der Waals surface area (Å²) in [6.45, 7) is 0.